The van der Waals surface area contributed by atoms with Crippen molar-refractivity contribution in [3.63, 3.8) is 0 Å². The molecule has 2 N–H and O–H groups in total. The number of ether oxygens (including phenoxy) is 1. The molecule has 5 heteroatoms. The van der Waals surface area contributed by atoms with Crippen molar-refractivity contribution in [1.82, 2.24) is 0 Å². The molecule has 0 fully saturated rings. The van der Waals surface area contributed by atoms with Crippen LogP contribution in [0.3, 0.4) is 0 Å². The van der Waals surface area contributed by atoms with Crippen LogP contribution in [0.5, 0.6) is 5.75 Å². The Balaban J connectivity index is 2.48. The minimum atomic E-state index is -1.27. The van der Waals surface area contributed by atoms with E-state index in [1.54, 1.807) is 24.3 Å². The van der Waals surface area contributed by atoms with Crippen LogP contribution in [0.25, 0.3) is 0 Å². The minimum Gasteiger partial charge on any atom is -0.491 e. The van der Waals surface area contributed by atoms with Crippen LogP contribution in [0.15, 0.2) is 42.5 Å². The summed E-state index contributed by atoms with van der Waals surface area (Å²) in [6.45, 7) is 7.80. The quantitative estimate of drug-likeness (QED) is 0.707. The van der Waals surface area contributed by atoms with Crippen molar-refractivity contribution >= 4 is 11.7 Å². The van der Waals surface area contributed by atoms with Crippen molar-refractivity contribution in [2.45, 2.75) is 52.2 Å². The number of carboxylic acid groups (broad SMARTS) is 1. The lowest BCUT2D eigenvalue weighted by atomic mass is 9.85. The summed E-state index contributed by atoms with van der Waals surface area (Å²) in [7, 11) is 0. The van der Waals surface area contributed by atoms with Crippen molar-refractivity contribution in [2.24, 2.45) is 0 Å². The Bertz CT molecular complexity index is 838. The molecule has 27 heavy (non-hydrogen) atoms. The van der Waals surface area contributed by atoms with E-state index in [1.165, 1.54) is 0 Å². The highest BCUT2D eigenvalue weighted by Crippen LogP contribution is 2.34. The van der Waals surface area contributed by atoms with Crippen LogP contribution < -0.4 is 10.1 Å². The van der Waals surface area contributed by atoms with E-state index in [4.69, 9.17) is 10.00 Å². The normalized spacial score (nSPS) is 12.9. The van der Waals surface area contributed by atoms with E-state index in [1.807, 2.05) is 45.9 Å². The molecule has 1 unspecified atom stereocenters. The Morgan fingerprint density at radius 1 is 1.22 bits per heavy atom. The topological polar surface area (TPSA) is 82.4 Å². The molecule has 1 atom stereocenters. The molecule has 0 aliphatic rings. The fourth-order valence-electron chi connectivity index (χ4n) is 3.06. The predicted molar refractivity (Wildman–Crippen MR) is 106 cm³/mol. The summed E-state index contributed by atoms with van der Waals surface area (Å²) in [5.41, 5.74) is 1.56. The molecule has 0 amide bonds. The standard InChI is InChI=1S/C22H26N2O3/c1-5-17-13-18(9-12-20(17)27-15(3)4)22(6-2,21(25)26)24-19-10-7-16(14-23)8-11-19/h7-13,15,24H,5-6H2,1-4H3,(H,25,26). The third kappa shape index (κ3) is 4.40. The first kappa shape index (κ1) is 20.3. The summed E-state index contributed by atoms with van der Waals surface area (Å²) in [6, 6.07) is 14.4. The highest BCUT2D eigenvalue weighted by atomic mass is 16.5. The smallest absolute Gasteiger partial charge is 0.334 e. The average Bonchev–Trinajstić information content (AvgIpc) is 2.66. The summed E-state index contributed by atoms with van der Waals surface area (Å²) in [5, 5.41) is 22.2. The highest BCUT2D eigenvalue weighted by Gasteiger charge is 2.39. The molecule has 142 valence electrons. The second-order valence-electron chi connectivity index (χ2n) is 6.72. The lowest BCUT2D eigenvalue weighted by Crippen LogP contribution is -2.43. The van der Waals surface area contributed by atoms with Crippen LogP contribution in [0.1, 0.15) is 50.8 Å². The van der Waals surface area contributed by atoms with E-state index in [0.717, 1.165) is 17.7 Å². The van der Waals surface area contributed by atoms with Gasteiger partial charge in [-0.25, -0.2) is 4.79 Å². The van der Waals surface area contributed by atoms with Gasteiger partial charge in [-0.05, 0) is 74.2 Å². The second kappa shape index (κ2) is 8.59. The van der Waals surface area contributed by atoms with Gasteiger partial charge in [-0.1, -0.05) is 19.9 Å². The van der Waals surface area contributed by atoms with Crippen molar-refractivity contribution in [3.8, 4) is 11.8 Å². The maximum Gasteiger partial charge on any atom is 0.334 e. The molecule has 5 nitrogen and oxygen atoms in total. The Morgan fingerprint density at radius 3 is 2.37 bits per heavy atom. The molecule has 0 aliphatic heterocycles. The Kier molecular flexibility index (Phi) is 6.46. The maximum atomic E-state index is 12.3. The number of nitrogens with one attached hydrogen (secondary N) is 1. The molecule has 0 spiro atoms. The van der Waals surface area contributed by atoms with Gasteiger partial charge >= 0.3 is 5.97 Å². The van der Waals surface area contributed by atoms with Gasteiger partial charge in [-0.2, -0.15) is 5.26 Å². The molecular formula is C22H26N2O3. The molecule has 2 rings (SSSR count). The van der Waals surface area contributed by atoms with Gasteiger partial charge in [0.2, 0.25) is 0 Å². The van der Waals surface area contributed by atoms with Crippen LogP contribution in [-0.4, -0.2) is 17.2 Å². The number of rotatable bonds is 8. The van der Waals surface area contributed by atoms with Gasteiger partial charge in [-0.15, -0.1) is 0 Å². The average molecular weight is 366 g/mol. The molecule has 0 heterocycles. The van der Waals surface area contributed by atoms with Gasteiger partial charge in [0.15, 0.2) is 5.54 Å². The third-order valence-corrected chi connectivity index (χ3v) is 4.56. The summed E-state index contributed by atoms with van der Waals surface area (Å²) in [4.78, 5) is 12.3. The summed E-state index contributed by atoms with van der Waals surface area (Å²) >= 11 is 0. The van der Waals surface area contributed by atoms with E-state index in [0.29, 0.717) is 23.2 Å². The van der Waals surface area contributed by atoms with Crippen LogP contribution in [0.2, 0.25) is 0 Å². The van der Waals surface area contributed by atoms with Gasteiger partial charge < -0.3 is 15.2 Å². The number of nitrogens with zero attached hydrogens (tertiary/aromatic N) is 1. The first-order chi connectivity index (χ1) is 12.9. The number of benzene rings is 2. The zero-order valence-corrected chi connectivity index (χ0v) is 16.2. The molecule has 0 saturated carbocycles. The lowest BCUT2D eigenvalue weighted by Gasteiger charge is -2.32. The molecular weight excluding hydrogens is 340 g/mol. The number of hydrogen-bond donors (Lipinski definition) is 2. The zero-order chi connectivity index (χ0) is 20.0. The summed E-state index contributed by atoms with van der Waals surface area (Å²) < 4.78 is 5.84. The minimum absolute atomic E-state index is 0.0494. The molecule has 0 radical (unpaired) electrons. The van der Waals surface area contributed by atoms with E-state index in [-0.39, 0.29) is 6.10 Å². The fraction of sp³-hybridized carbons (Fsp3) is 0.364. The summed E-state index contributed by atoms with van der Waals surface area (Å²) in [5.74, 6) is -0.168. The van der Waals surface area contributed by atoms with Gasteiger partial charge in [-0.3, -0.25) is 0 Å². The molecule has 0 aliphatic carbocycles. The second-order valence-corrected chi connectivity index (χ2v) is 6.72. The van der Waals surface area contributed by atoms with E-state index in [9.17, 15) is 9.90 Å². The van der Waals surface area contributed by atoms with Crippen LogP contribution >= 0.6 is 0 Å². The van der Waals surface area contributed by atoms with Crippen molar-refractivity contribution in [3.05, 3.63) is 59.2 Å². The van der Waals surface area contributed by atoms with Gasteiger partial charge in [0.05, 0.1) is 17.7 Å². The Labute approximate surface area is 160 Å². The van der Waals surface area contributed by atoms with E-state index < -0.39 is 11.5 Å². The van der Waals surface area contributed by atoms with Crippen molar-refractivity contribution < 1.29 is 14.6 Å². The maximum absolute atomic E-state index is 12.3. The van der Waals surface area contributed by atoms with Crippen molar-refractivity contribution in [1.29, 1.82) is 5.26 Å². The number of aryl methyl sites for hydroxylation is 1. The number of aliphatic carboxylic acids is 1. The van der Waals surface area contributed by atoms with E-state index in [2.05, 4.69) is 11.4 Å². The zero-order valence-electron chi connectivity index (χ0n) is 16.2. The van der Waals surface area contributed by atoms with Gasteiger partial charge in [0.25, 0.3) is 0 Å². The van der Waals surface area contributed by atoms with Crippen LogP contribution in [0.4, 0.5) is 5.69 Å². The van der Waals surface area contributed by atoms with Gasteiger partial charge in [0, 0.05) is 5.69 Å². The number of hydrogen-bond acceptors (Lipinski definition) is 4. The summed E-state index contributed by atoms with van der Waals surface area (Å²) in [6.07, 6.45) is 1.15. The number of anilines is 1. The molecule has 2 aromatic carbocycles. The van der Waals surface area contributed by atoms with Crippen LogP contribution in [0, 0.1) is 11.3 Å². The molecule has 0 saturated heterocycles. The number of nitriles is 1. The third-order valence-electron chi connectivity index (χ3n) is 4.56. The monoisotopic (exact) mass is 366 g/mol. The predicted octanol–water partition coefficient (Wildman–Crippen LogP) is 4.71. The number of carbonyl (C=O) groups is 1. The van der Waals surface area contributed by atoms with Gasteiger partial charge in [0.1, 0.15) is 5.75 Å². The first-order valence-electron chi connectivity index (χ1n) is 9.18. The molecule has 0 aromatic heterocycles. The fourth-order valence-corrected chi connectivity index (χ4v) is 3.06. The molecule has 2 aromatic rings. The highest BCUT2D eigenvalue weighted by molar-refractivity contribution is 5.85. The first-order valence-corrected chi connectivity index (χ1v) is 9.18. The molecule has 0 bridgehead atoms. The Hall–Kier alpha value is -3.00. The largest absolute Gasteiger partial charge is 0.491 e. The Morgan fingerprint density at radius 2 is 1.89 bits per heavy atom. The number of carboxylic acids is 1. The lowest BCUT2D eigenvalue weighted by molar-refractivity contribution is -0.142. The van der Waals surface area contributed by atoms with Crippen molar-refractivity contribution in [2.75, 3.05) is 5.32 Å². The van der Waals surface area contributed by atoms with E-state index >= 15 is 0 Å². The SMILES string of the molecule is CCc1cc(C(CC)(Nc2ccc(C#N)cc2)C(=O)O)ccc1OC(C)C. The van der Waals surface area contributed by atoms with Crippen LogP contribution in [-0.2, 0) is 16.8 Å².